The van der Waals surface area contributed by atoms with E-state index in [2.05, 4.69) is 17.0 Å². The van der Waals surface area contributed by atoms with Gasteiger partial charge in [0.1, 0.15) is 0 Å². The number of hydrogen-bond acceptors (Lipinski definition) is 3. The Hall–Kier alpha value is -1.37. The Morgan fingerprint density at radius 1 is 1.47 bits per heavy atom. The normalized spacial score (nSPS) is 21.1. The van der Waals surface area contributed by atoms with Crippen molar-refractivity contribution in [3.63, 3.8) is 0 Å². The lowest BCUT2D eigenvalue weighted by Crippen LogP contribution is -2.36. The molecule has 1 atom stereocenters. The molecule has 0 radical (unpaired) electrons. The minimum absolute atomic E-state index is 0.286. The molecule has 0 unspecified atom stereocenters. The van der Waals surface area contributed by atoms with Crippen molar-refractivity contribution in [3.8, 4) is 6.07 Å². The Labute approximate surface area is 102 Å². The lowest BCUT2D eigenvalue weighted by atomic mass is 9.98. The second-order valence-corrected chi connectivity index (χ2v) is 4.74. The van der Waals surface area contributed by atoms with Crippen molar-refractivity contribution < 1.29 is 5.11 Å². The van der Waals surface area contributed by atoms with Gasteiger partial charge in [0.2, 0.25) is 0 Å². The zero-order chi connectivity index (χ0) is 12.1. The summed E-state index contributed by atoms with van der Waals surface area (Å²) in [5, 5.41) is 18.0. The lowest BCUT2D eigenvalue weighted by molar-refractivity contribution is 0.116. The van der Waals surface area contributed by atoms with Gasteiger partial charge >= 0.3 is 0 Å². The molecule has 0 spiro atoms. The third-order valence-corrected chi connectivity index (χ3v) is 3.32. The summed E-state index contributed by atoms with van der Waals surface area (Å²) in [5.41, 5.74) is 1.90. The van der Waals surface area contributed by atoms with Gasteiger partial charge in [0.15, 0.2) is 0 Å². The van der Waals surface area contributed by atoms with Gasteiger partial charge in [-0.15, -0.1) is 0 Å². The van der Waals surface area contributed by atoms with Gasteiger partial charge in [-0.05, 0) is 43.0 Å². The van der Waals surface area contributed by atoms with Crippen LogP contribution in [0.25, 0.3) is 0 Å². The number of piperidine rings is 1. The molecule has 1 aromatic carbocycles. The molecule has 17 heavy (non-hydrogen) atoms. The number of benzene rings is 1. The van der Waals surface area contributed by atoms with Gasteiger partial charge in [-0.3, -0.25) is 4.90 Å². The Balaban J connectivity index is 1.98. The molecule has 1 fully saturated rings. The second-order valence-electron chi connectivity index (χ2n) is 4.74. The molecule has 3 nitrogen and oxygen atoms in total. The van der Waals surface area contributed by atoms with Crippen molar-refractivity contribution in [2.24, 2.45) is 5.92 Å². The van der Waals surface area contributed by atoms with Gasteiger partial charge in [-0.25, -0.2) is 0 Å². The Kier molecular flexibility index (Phi) is 4.13. The van der Waals surface area contributed by atoms with Gasteiger partial charge in [-0.1, -0.05) is 12.1 Å². The molecule has 1 aliphatic rings. The first-order valence-electron chi connectivity index (χ1n) is 6.14. The highest BCUT2D eigenvalue weighted by molar-refractivity contribution is 5.32. The van der Waals surface area contributed by atoms with Crippen LogP contribution in [-0.2, 0) is 6.54 Å². The van der Waals surface area contributed by atoms with Gasteiger partial charge in [0.05, 0.1) is 11.6 Å². The van der Waals surface area contributed by atoms with Crippen molar-refractivity contribution in [2.45, 2.75) is 19.4 Å². The number of nitriles is 1. The zero-order valence-electron chi connectivity index (χ0n) is 9.97. The van der Waals surface area contributed by atoms with Gasteiger partial charge in [0.25, 0.3) is 0 Å². The number of rotatable bonds is 3. The van der Waals surface area contributed by atoms with E-state index in [1.807, 2.05) is 18.2 Å². The molecule has 2 rings (SSSR count). The first-order valence-corrected chi connectivity index (χ1v) is 6.14. The summed E-state index contributed by atoms with van der Waals surface area (Å²) in [7, 11) is 0. The first-order chi connectivity index (χ1) is 8.31. The van der Waals surface area contributed by atoms with Crippen LogP contribution in [-0.4, -0.2) is 29.7 Å². The van der Waals surface area contributed by atoms with E-state index in [1.165, 1.54) is 5.56 Å². The van der Waals surface area contributed by atoms with E-state index < -0.39 is 0 Å². The molecule has 1 aromatic rings. The van der Waals surface area contributed by atoms with Crippen LogP contribution >= 0.6 is 0 Å². The van der Waals surface area contributed by atoms with Crippen molar-refractivity contribution in [1.82, 2.24) is 4.90 Å². The average Bonchev–Trinajstić information content (AvgIpc) is 2.39. The van der Waals surface area contributed by atoms with E-state index in [0.29, 0.717) is 5.92 Å². The maximum Gasteiger partial charge on any atom is 0.0991 e. The molecule has 0 aromatic heterocycles. The van der Waals surface area contributed by atoms with Crippen LogP contribution in [0.2, 0.25) is 0 Å². The van der Waals surface area contributed by atoms with Crippen LogP contribution in [0, 0.1) is 17.2 Å². The third kappa shape index (κ3) is 3.29. The average molecular weight is 230 g/mol. The van der Waals surface area contributed by atoms with E-state index in [4.69, 9.17) is 5.26 Å². The molecule has 0 saturated carbocycles. The standard InChI is InChI=1S/C14H18N2O/c15-8-12-3-1-4-13(7-12)9-16-6-2-5-14(10-16)11-17/h1,3-4,7,14,17H,2,5-6,9-11H2/t14-/m1/s1. The summed E-state index contributed by atoms with van der Waals surface area (Å²) in [6.45, 7) is 3.22. The maximum absolute atomic E-state index is 9.19. The van der Waals surface area contributed by atoms with Gasteiger partial charge in [0, 0.05) is 19.7 Å². The fourth-order valence-electron chi connectivity index (χ4n) is 2.44. The summed E-state index contributed by atoms with van der Waals surface area (Å²) in [6, 6.07) is 9.93. The van der Waals surface area contributed by atoms with E-state index in [-0.39, 0.29) is 6.61 Å². The van der Waals surface area contributed by atoms with Gasteiger partial charge < -0.3 is 5.11 Å². The van der Waals surface area contributed by atoms with E-state index in [0.717, 1.165) is 38.0 Å². The van der Waals surface area contributed by atoms with Crippen LogP contribution in [0.4, 0.5) is 0 Å². The number of aliphatic hydroxyl groups excluding tert-OH is 1. The molecule has 1 saturated heterocycles. The number of nitrogens with zero attached hydrogens (tertiary/aromatic N) is 2. The van der Waals surface area contributed by atoms with E-state index >= 15 is 0 Å². The molecular weight excluding hydrogens is 212 g/mol. The zero-order valence-corrected chi connectivity index (χ0v) is 9.97. The Morgan fingerprint density at radius 2 is 2.35 bits per heavy atom. The molecule has 0 amide bonds. The topological polar surface area (TPSA) is 47.3 Å². The van der Waals surface area contributed by atoms with E-state index in [9.17, 15) is 5.11 Å². The fraction of sp³-hybridized carbons (Fsp3) is 0.500. The monoisotopic (exact) mass is 230 g/mol. The Bertz CT molecular complexity index is 411. The highest BCUT2D eigenvalue weighted by atomic mass is 16.3. The van der Waals surface area contributed by atoms with Crippen LogP contribution in [0.5, 0.6) is 0 Å². The predicted molar refractivity (Wildman–Crippen MR) is 66.2 cm³/mol. The molecule has 3 heteroatoms. The summed E-state index contributed by atoms with van der Waals surface area (Å²) in [6.07, 6.45) is 2.29. The number of likely N-dealkylation sites (tertiary alicyclic amines) is 1. The van der Waals surface area contributed by atoms with Crippen LogP contribution in [0.15, 0.2) is 24.3 Å². The molecule has 0 bridgehead atoms. The largest absolute Gasteiger partial charge is 0.396 e. The van der Waals surface area contributed by atoms with Crippen molar-refractivity contribution in [2.75, 3.05) is 19.7 Å². The van der Waals surface area contributed by atoms with Gasteiger partial charge in [-0.2, -0.15) is 5.26 Å². The van der Waals surface area contributed by atoms with Crippen molar-refractivity contribution in [1.29, 1.82) is 5.26 Å². The molecule has 1 N–H and O–H groups in total. The summed E-state index contributed by atoms with van der Waals surface area (Å²) in [4.78, 5) is 2.36. The lowest BCUT2D eigenvalue weighted by Gasteiger charge is -2.31. The molecular formula is C14H18N2O. The number of hydrogen-bond donors (Lipinski definition) is 1. The fourth-order valence-corrected chi connectivity index (χ4v) is 2.44. The first kappa shape index (κ1) is 12.1. The van der Waals surface area contributed by atoms with E-state index in [1.54, 1.807) is 0 Å². The molecule has 90 valence electrons. The van der Waals surface area contributed by atoms with Crippen LogP contribution in [0.3, 0.4) is 0 Å². The maximum atomic E-state index is 9.19. The smallest absolute Gasteiger partial charge is 0.0991 e. The highest BCUT2D eigenvalue weighted by Crippen LogP contribution is 2.18. The molecule has 1 aliphatic heterocycles. The highest BCUT2D eigenvalue weighted by Gasteiger charge is 2.18. The third-order valence-electron chi connectivity index (χ3n) is 3.32. The predicted octanol–water partition coefficient (Wildman–Crippen LogP) is 1.76. The van der Waals surface area contributed by atoms with Crippen molar-refractivity contribution in [3.05, 3.63) is 35.4 Å². The quantitative estimate of drug-likeness (QED) is 0.860. The summed E-state index contributed by atoms with van der Waals surface area (Å²) < 4.78 is 0. The molecule has 1 heterocycles. The van der Waals surface area contributed by atoms with Crippen LogP contribution in [0.1, 0.15) is 24.0 Å². The SMILES string of the molecule is N#Cc1cccc(CN2CCC[C@@H](CO)C2)c1. The number of aliphatic hydroxyl groups is 1. The van der Waals surface area contributed by atoms with Crippen molar-refractivity contribution >= 4 is 0 Å². The Morgan fingerprint density at radius 3 is 3.12 bits per heavy atom. The second kappa shape index (κ2) is 5.81. The summed E-state index contributed by atoms with van der Waals surface area (Å²) in [5.74, 6) is 0.419. The van der Waals surface area contributed by atoms with Crippen LogP contribution < -0.4 is 0 Å². The minimum Gasteiger partial charge on any atom is -0.396 e. The molecule has 0 aliphatic carbocycles. The summed E-state index contributed by atoms with van der Waals surface area (Å²) >= 11 is 0. The minimum atomic E-state index is 0.286.